The van der Waals surface area contributed by atoms with Crippen molar-refractivity contribution >= 4 is 34.0 Å². The number of anilines is 2. The second-order valence-electron chi connectivity index (χ2n) is 9.95. The molecule has 0 amide bonds. The Bertz CT molecular complexity index is 1830. The van der Waals surface area contributed by atoms with Crippen LogP contribution in [0, 0.1) is 0 Å². The van der Waals surface area contributed by atoms with E-state index in [1.54, 1.807) is 22.7 Å². The molecule has 0 aliphatic rings. The summed E-state index contributed by atoms with van der Waals surface area (Å²) in [6, 6.07) is 45.2. The predicted octanol–water partition coefficient (Wildman–Crippen LogP) is 9.77. The first-order chi connectivity index (χ1) is 20.6. The highest BCUT2D eigenvalue weighted by Crippen LogP contribution is 2.44. The van der Waals surface area contributed by atoms with Gasteiger partial charge in [-0.3, -0.25) is 0 Å². The van der Waals surface area contributed by atoms with Gasteiger partial charge < -0.3 is 11.5 Å². The maximum absolute atomic E-state index is 5.99. The Morgan fingerprint density at radius 2 is 0.762 bits per heavy atom. The first-order valence-electron chi connectivity index (χ1n) is 13.6. The van der Waals surface area contributed by atoms with Crippen LogP contribution in [-0.4, -0.2) is 9.97 Å². The number of rotatable bonds is 6. The maximum atomic E-state index is 5.99. The van der Waals surface area contributed by atoms with Crippen molar-refractivity contribution in [2.45, 2.75) is 0 Å². The molecule has 7 aromatic rings. The van der Waals surface area contributed by atoms with Gasteiger partial charge >= 0.3 is 0 Å². The summed E-state index contributed by atoms with van der Waals surface area (Å²) < 4.78 is 0. The quantitative estimate of drug-likeness (QED) is 0.193. The zero-order chi connectivity index (χ0) is 28.5. The number of hydrogen-bond acceptors (Lipinski definition) is 6. The highest BCUT2D eigenvalue weighted by molar-refractivity contribution is 7.19. The van der Waals surface area contributed by atoms with Gasteiger partial charge in [-0.1, -0.05) is 103 Å². The number of benzene rings is 5. The van der Waals surface area contributed by atoms with Crippen molar-refractivity contribution in [3.8, 4) is 64.5 Å². The average molecular weight is 579 g/mol. The molecular weight excluding hydrogens is 553 g/mol. The Morgan fingerprint density at radius 1 is 0.381 bits per heavy atom. The molecule has 0 atom stereocenters. The Balaban J connectivity index is 1.33. The molecular formula is C36H26N4S2. The number of thiazole rings is 2. The summed E-state index contributed by atoms with van der Waals surface area (Å²) in [6.45, 7) is 0. The normalized spacial score (nSPS) is 11.0. The van der Waals surface area contributed by atoms with Crippen LogP contribution in [-0.2, 0) is 0 Å². The molecule has 0 spiro atoms. The summed E-state index contributed by atoms with van der Waals surface area (Å²) in [6.07, 6.45) is 0. The lowest BCUT2D eigenvalue weighted by atomic mass is 10.1. The fourth-order valence-electron chi connectivity index (χ4n) is 4.92. The van der Waals surface area contributed by atoms with Crippen molar-refractivity contribution in [3.63, 3.8) is 0 Å². The van der Waals surface area contributed by atoms with E-state index in [1.807, 2.05) is 60.7 Å². The van der Waals surface area contributed by atoms with Crippen LogP contribution in [0.2, 0.25) is 0 Å². The molecule has 0 saturated heterocycles. The number of nitrogen functional groups attached to an aromatic ring is 2. The molecule has 0 radical (unpaired) electrons. The van der Waals surface area contributed by atoms with Crippen LogP contribution < -0.4 is 11.5 Å². The standard InChI is InChI=1S/C36H26N4S2/c37-29-18-14-25(15-19-29)33-31(23-8-3-1-4-9-23)39-35(41-33)27-12-7-13-28(22-27)36-40-32(24-10-5-2-6-11-24)34(42-36)26-16-20-30(38)21-17-26/h1-22H,37-38H2. The molecule has 0 bridgehead atoms. The van der Waals surface area contributed by atoms with Gasteiger partial charge in [-0.05, 0) is 41.5 Å². The average Bonchev–Trinajstić information content (AvgIpc) is 3.69. The molecule has 0 aliphatic heterocycles. The van der Waals surface area contributed by atoms with Gasteiger partial charge in [0.15, 0.2) is 0 Å². The van der Waals surface area contributed by atoms with E-state index in [-0.39, 0.29) is 0 Å². The summed E-state index contributed by atoms with van der Waals surface area (Å²) in [4.78, 5) is 12.6. The van der Waals surface area contributed by atoms with Gasteiger partial charge in [0.1, 0.15) is 10.0 Å². The molecule has 0 fully saturated rings. The van der Waals surface area contributed by atoms with Crippen LogP contribution in [0.15, 0.2) is 133 Å². The Morgan fingerprint density at radius 3 is 1.17 bits per heavy atom. The van der Waals surface area contributed by atoms with Crippen molar-refractivity contribution < 1.29 is 0 Å². The summed E-state index contributed by atoms with van der Waals surface area (Å²) in [5, 5.41) is 1.92. The largest absolute Gasteiger partial charge is 0.399 e. The van der Waals surface area contributed by atoms with E-state index < -0.39 is 0 Å². The number of nitrogens with two attached hydrogens (primary N) is 2. The Hall–Kier alpha value is -5.04. The van der Waals surface area contributed by atoms with Crippen LogP contribution in [0.25, 0.3) is 64.5 Å². The molecule has 4 N–H and O–H groups in total. The number of aromatic nitrogens is 2. The number of hydrogen-bond donors (Lipinski definition) is 2. The van der Waals surface area contributed by atoms with E-state index in [0.717, 1.165) is 75.9 Å². The highest BCUT2D eigenvalue weighted by atomic mass is 32.1. The second kappa shape index (κ2) is 11.1. The third kappa shape index (κ3) is 5.09. The van der Waals surface area contributed by atoms with Gasteiger partial charge in [0.05, 0.1) is 21.1 Å². The predicted molar refractivity (Wildman–Crippen MR) is 179 cm³/mol. The summed E-state index contributed by atoms with van der Waals surface area (Å²) >= 11 is 3.39. The molecule has 7 rings (SSSR count). The fraction of sp³-hybridized carbons (Fsp3) is 0. The van der Waals surface area contributed by atoms with E-state index in [1.165, 1.54) is 0 Å². The lowest BCUT2D eigenvalue weighted by Crippen LogP contribution is -1.85. The van der Waals surface area contributed by atoms with E-state index >= 15 is 0 Å². The van der Waals surface area contributed by atoms with E-state index in [0.29, 0.717) is 0 Å². The molecule has 5 aromatic carbocycles. The lowest BCUT2D eigenvalue weighted by molar-refractivity contribution is 1.39. The van der Waals surface area contributed by atoms with E-state index in [9.17, 15) is 0 Å². The molecule has 42 heavy (non-hydrogen) atoms. The maximum Gasteiger partial charge on any atom is 0.124 e. The minimum Gasteiger partial charge on any atom is -0.399 e. The van der Waals surface area contributed by atoms with Crippen molar-refractivity contribution in [2.75, 3.05) is 11.5 Å². The van der Waals surface area contributed by atoms with Crippen LogP contribution in [0.1, 0.15) is 0 Å². The SMILES string of the molecule is Nc1ccc(-c2sc(-c3cccc(-c4nc(-c5ccccc5)c(-c5ccc(N)cc5)s4)c3)nc2-c2ccccc2)cc1. The topological polar surface area (TPSA) is 77.8 Å². The smallest absolute Gasteiger partial charge is 0.124 e. The Labute approximate surface area is 252 Å². The van der Waals surface area contributed by atoms with Crippen molar-refractivity contribution in [1.29, 1.82) is 0 Å². The van der Waals surface area contributed by atoms with Crippen molar-refractivity contribution in [2.24, 2.45) is 0 Å². The highest BCUT2D eigenvalue weighted by Gasteiger charge is 2.19. The molecule has 2 aromatic heterocycles. The molecule has 202 valence electrons. The fourth-order valence-corrected chi connectivity index (χ4v) is 7.09. The monoisotopic (exact) mass is 578 g/mol. The minimum atomic E-state index is 0.745. The van der Waals surface area contributed by atoms with Gasteiger partial charge in [0.25, 0.3) is 0 Å². The van der Waals surface area contributed by atoms with Crippen LogP contribution in [0.4, 0.5) is 11.4 Å². The van der Waals surface area contributed by atoms with Crippen molar-refractivity contribution in [3.05, 3.63) is 133 Å². The van der Waals surface area contributed by atoms with Crippen molar-refractivity contribution in [1.82, 2.24) is 9.97 Å². The van der Waals surface area contributed by atoms with Gasteiger partial charge in [-0.2, -0.15) is 0 Å². The molecule has 0 saturated carbocycles. The molecule has 0 aliphatic carbocycles. The first-order valence-corrected chi connectivity index (χ1v) is 15.2. The molecule has 0 unspecified atom stereocenters. The van der Waals surface area contributed by atoms with Gasteiger partial charge in [0, 0.05) is 33.6 Å². The van der Waals surface area contributed by atoms with Gasteiger partial charge in [0.2, 0.25) is 0 Å². The second-order valence-corrected chi connectivity index (χ2v) is 11.9. The zero-order valence-corrected chi connectivity index (χ0v) is 24.2. The summed E-state index contributed by atoms with van der Waals surface area (Å²) in [7, 11) is 0. The zero-order valence-electron chi connectivity index (χ0n) is 22.6. The molecule has 6 heteroatoms. The van der Waals surface area contributed by atoms with Crippen LogP contribution in [0.5, 0.6) is 0 Å². The van der Waals surface area contributed by atoms with E-state index in [4.69, 9.17) is 21.4 Å². The first kappa shape index (κ1) is 25.9. The third-order valence-corrected chi connectivity index (χ3v) is 9.36. The van der Waals surface area contributed by atoms with E-state index in [2.05, 4.69) is 72.8 Å². The summed E-state index contributed by atoms with van der Waals surface area (Å²) in [5.74, 6) is 0. The third-order valence-electron chi connectivity index (χ3n) is 7.05. The minimum absolute atomic E-state index is 0.745. The van der Waals surface area contributed by atoms with Gasteiger partial charge in [-0.15, -0.1) is 22.7 Å². The number of nitrogens with zero attached hydrogens (tertiary/aromatic N) is 2. The van der Waals surface area contributed by atoms with Gasteiger partial charge in [-0.25, -0.2) is 9.97 Å². The molecule has 2 heterocycles. The van der Waals surface area contributed by atoms with Crippen LogP contribution >= 0.6 is 22.7 Å². The lowest BCUT2D eigenvalue weighted by Gasteiger charge is -2.03. The van der Waals surface area contributed by atoms with Crippen LogP contribution in [0.3, 0.4) is 0 Å². The summed E-state index contributed by atoms with van der Waals surface area (Å²) in [5.41, 5.74) is 21.9. The Kier molecular flexibility index (Phi) is 6.84. The molecule has 4 nitrogen and oxygen atoms in total.